The van der Waals surface area contributed by atoms with Crippen LogP contribution in [0.2, 0.25) is 0 Å². The minimum atomic E-state index is -0.689. The Morgan fingerprint density at radius 3 is 2.73 bits per heavy atom. The van der Waals surface area contributed by atoms with Crippen LogP contribution >= 0.6 is 11.3 Å². The van der Waals surface area contributed by atoms with Crippen molar-refractivity contribution in [3.63, 3.8) is 0 Å². The molecule has 5 heteroatoms. The summed E-state index contributed by atoms with van der Waals surface area (Å²) in [5, 5.41) is 0. The molecule has 15 heavy (non-hydrogen) atoms. The first-order valence-corrected chi connectivity index (χ1v) is 5.68. The SMILES string of the molecule is CCOC(=O)C(CC)C(=O)c1cncs1. The molecule has 1 unspecified atom stereocenters. The lowest BCUT2D eigenvalue weighted by molar-refractivity contribution is -0.146. The highest BCUT2D eigenvalue weighted by Crippen LogP contribution is 2.16. The fraction of sp³-hybridized carbons (Fsp3) is 0.500. The van der Waals surface area contributed by atoms with E-state index in [4.69, 9.17) is 4.74 Å². The van der Waals surface area contributed by atoms with Gasteiger partial charge in [0.15, 0.2) is 5.78 Å². The number of carbonyl (C=O) groups is 2. The quantitative estimate of drug-likeness (QED) is 0.438. The van der Waals surface area contributed by atoms with Crippen molar-refractivity contribution >= 4 is 23.1 Å². The topological polar surface area (TPSA) is 56.3 Å². The van der Waals surface area contributed by atoms with Crippen LogP contribution in [0.3, 0.4) is 0 Å². The summed E-state index contributed by atoms with van der Waals surface area (Å²) in [5.41, 5.74) is 1.57. The molecule has 0 aliphatic carbocycles. The molecule has 0 saturated carbocycles. The third kappa shape index (κ3) is 2.86. The standard InChI is InChI=1S/C10H13NO3S/c1-3-7(10(13)14-4-2)9(12)8-5-11-6-15-8/h5-7H,3-4H2,1-2H3. The Hall–Kier alpha value is -1.23. The molecule has 1 aromatic heterocycles. The number of thiazole rings is 1. The lowest BCUT2D eigenvalue weighted by atomic mass is 10.0. The summed E-state index contributed by atoms with van der Waals surface area (Å²) in [4.78, 5) is 27.6. The summed E-state index contributed by atoms with van der Waals surface area (Å²) in [7, 11) is 0. The number of Topliss-reactive ketones (excluding diaryl/α,β-unsaturated/α-hetero) is 1. The van der Waals surface area contributed by atoms with Crippen LogP contribution in [0.15, 0.2) is 11.7 Å². The van der Waals surface area contributed by atoms with Crippen LogP contribution in [-0.4, -0.2) is 23.3 Å². The zero-order valence-electron chi connectivity index (χ0n) is 8.73. The molecule has 0 aromatic carbocycles. The molecular weight excluding hydrogens is 214 g/mol. The average Bonchev–Trinajstić information content (AvgIpc) is 2.71. The number of esters is 1. The van der Waals surface area contributed by atoms with E-state index >= 15 is 0 Å². The monoisotopic (exact) mass is 227 g/mol. The zero-order valence-corrected chi connectivity index (χ0v) is 9.54. The van der Waals surface area contributed by atoms with E-state index in [1.165, 1.54) is 17.5 Å². The first-order valence-electron chi connectivity index (χ1n) is 4.80. The van der Waals surface area contributed by atoms with Gasteiger partial charge in [-0.15, -0.1) is 11.3 Å². The fourth-order valence-corrected chi connectivity index (χ4v) is 1.83. The van der Waals surface area contributed by atoms with Gasteiger partial charge in [-0.05, 0) is 13.3 Å². The van der Waals surface area contributed by atoms with E-state index in [9.17, 15) is 9.59 Å². The molecule has 0 spiro atoms. The van der Waals surface area contributed by atoms with E-state index in [-0.39, 0.29) is 5.78 Å². The third-order valence-corrected chi connectivity index (χ3v) is 2.76. The van der Waals surface area contributed by atoms with Crippen LogP contribution in [0.5, 0.6) is 0 Å². The van der Waals surface area contributed by atoms with Crippen molar-refractivity contribution in [3.05, 3.63) is 16.6 Å². The van der Waals surface area contributed by atoms with Gasteiger partial charge in [-0.25, -0.2) is 0 Å². The second-order valence-corrected chi connectivity index (χ2v) is 3.83. The first kappa shape index (κ1) is 11.8. The number of nitrogens with zero attached hydrogens (tertiary/aromatic N) is 1. The van der Waals surface area contributed by atoms with Gasteiger partial charge in [0.2, 0.25) is 0 Å². The average molecular weight is 227 g/mol. The van der Waals surface area contributed by atoms with Gasteiger partial charge in [0.25, 0.3) is 0 Å². The Labute approximate surface area is 92.3 Å². The van der Waals surface area contributed by atoms with Crippen molar-refractivity contribution in [1.29, 1.82) is 0 Å². The summed E-state index contributed by atoms with van der Waals surface area (Å²) in [6.45, 7) is 3.81. The van der Waals surface area contributed by atoms with E-state index in [2.05, 4.69) is 4.98 Å². The Morgan fingerprint density at radius 2 is 2.27 bits per heavy atom. The van der Waals surface area contributed by atoms with E-state index in [1.807, 2.05) is 0 Å². The Bertz CT molecular complexity index is 334. The van der Waals surface area contributed by atoms with Crippen molar-refractivity contribution in [2.75, 3.05) is 6.61 Å². The Balaban J connectivity index is 2.75. The molecule has 1 atom stereocenters. The summed E-state index contributed by atoms with van der Waals surface area (Å²) >= 11 is 1.24. The first-order chi connectivity index (χ1) is 7.20. The third-order valence-electron chi connectivity index (χ3n) is 1.97. The zero-order chi connectivity index (χ0) is 11.3. The van der Waals surface area contributed by atoms with Crippen LogP contribution in [0.1, 0.15) is 29.9 Å². The van der Waals surface area contributed by atoms with Gasteiger partial charge in [0.1, 0.15) is 5.92 Å². The minimum Gasteiger partial charge on any atom is -0.465 e. The maximum Gasteiger partial charge on any atom is 0.316 e. The van der Waals surface area contributed by atoms with Crippen molar-refractivity contribution in [1.82, 2.24) is 4.98 Å². The van der Waals surface area contributed by atoms with Crippen molar-refractivity contribution in [2.24, 2.45) is 5.92 Å². The van der Waals surface area contributed by atoms with Gasteiger partial charge in [-0.1, -0.05) is 6.92 Å². The molecular formula is C10H13NO3S. The molecule has 0 saturated heterocycles. The van der Waals surface area contributed by atoms with Crippen LogP contribution in [0.4, 0.5) is 0 Å². The molecule has 0 radical (unpaired) electrons. The summed E-state index contributed by atoms with van der Waals surface area (Å²) in [6.07, 6.45) is 1.93. The van der Waals surface area contributed by atoms with Gasteiger partial charge < -0.3 is 4.74 Å². The highest BCUT2D eigenvalue weighted by molar-refractivity contribution is 7.11. The predicted molar refractivity (Wildman–Crippen MR) is 56.9 cm³/mol. The highest BCUT2D eigenvalue weighted by Gasteiger charge is 2.27. The number of rotatable bonds is 5. The number of ether oxygens (including phenoxy) is 1. The smallest absolute Gasteiger partial charge is 0.316 e. The second-order valence-electron chi connectivity index (χ2n) is 2.94. The van der Waals surface area contributed by atoms with E-state index in [1.54, 1.807) is 19.4 Å². The van der Waals surface area contributed by atoms with Gasteiger partial charge in [0, 0.05) is 6.20 Å². The summed E-state index contributed by atoms with van der Waals surface area (Å²) < 4.78 is 4.84. The second kappa shape index (κ2) is 5.60. The molecule has 0 amide bonds. The Morgan fingerprint density at radius 1 is 1.53 bits per heavy atom. The lowest BCUT2D eigenvalue weighted by Gasteiger charge is -2.10. The minimum absolute atomic E-state index is 0.196. The predicted octanol–water partition coefficient (Wildman–Crippen LogP) is 1.92. The van der Waals surface area contributed by atoms with Gasteiger partial charge >= 0.3 is 5.97 Å². The number of ketones is 1. The van der Waals surface area contributed by atoms with Crippen molar-refractivity contribution in [2.45, 2.75) is 20.3 Å². The molecule has 0 fully saturated rings. The molecule has 1 aromatic rings. The number of hydrogen-bond acceptors (Lipinski definition) is 5. The Kier molecular flexibility index (Phi) is 4.42. The van der Waals surface area contributed by atoms with Crippen LogP contribution in [-0.2, 0) is 9.53 Å². The largest absolute Gasteiger partial charge is 0.465 e. The molecule has 4 nitrogen and oxygen atoms in total. The van der Waals surface area contributed by atoms with Crippen molar-refractivity contribution < 1.29 is 14.3 Å². The molecule has 82 valence electrons. The maximum absolute atomic E-state index is 11.8. The molecule has 1 rings (SSSR count). The van der Waals surface area contributed by atoms with Crippen LogP contribution in [0, 0.1) is 5.92 Å². The molecule has 0 aliphatic heterocycles. The number of hydrogen-bond donors (Lipinski definition) is 0. The molecule has 0 N–H and O–H groups in total. The fourth-order valence-electron chi connectivity index (χ4n) is 1.21. The molecule has 0 bridgehead atoms. The summed E-state index contributed by atoms with van der Waals surface area (Å²) in [6, 6.07) is 0. The normalized spacial score (nSPS) is 12.1. The number of aromatic nitrogens is 1. The molecule has 1 heterocycles. The summed E-state index contributed by atoms with van der Waals surface area (Å²) in [5.74, 6) is -1.33. The van der Waals surface area contributed by atoms with Gasteiger partial charge in [0.05, 0.1) is 17.0 Å². The highest BCUT2D eigenvalue weighted by atomic mass is 32.1. The lowest BCUT2D eigenvalue weighted by Crippen LogP contribution is -2.25. The maximum atomic E-state index is 11.8. The van der Waals surface area contributed by atoms with E-state index < -0.39 is 11.9 Å². The number of carbonyl (C=O) groups excluding carboxylic acids is 2. The molecule has 0 aliphatic rings. The van der Waals surface area contributed by atoms with E-state index in [0.717, 1.165) is 0 Å². The van der Waals surface area contributed by atoms with Gasteiger partial charge in [-0.2, -0.15) is 0 Å². The van der Waals surface area contributed by atoms with Crippen LogP contribution < -0.4 is 0 Å². The van der Waals surface area contributed by atoms with E-state index in [0.29, 0.717) is 17.9 Å². The van der Waals surface area contributed by atoms with Gasteiger partial charge in [-0.3, -0.25) is 14.6 Å². The van der Waals surface area contributed by atoms with Crippen molar-refractivity contribution in [3.8, 4) is 0 Å². The van der Waals surface area contributed by atoms with Crippen LogP contribution in [0.25, 0.3) is 0 Å².